The Balaban J connectivity index is 1.14. The summed E-state index contributed by atoms with van der Waals surface area (Å²) in [6.45, 7) is 0. The molecule has 3 aromatic heterocycles. The van der Waals surface area contributed by atoms with Gasteiger partial charge in [0.2, 0.25) is 0 Å². The van der Waals surface area contributed by atoms with E-state index in [0.717, 1.165) is 49.7 Å². The third-order valence-electron chi connectivity index (χ3n) is 10.9. The van der Waals surface area contributed by atoms with Crippen LogP contribution in [-0.2, 0) is 0 Å². The summed E-state index contributed by atoms with van der Waals surface area (Å²) in [5.74, 6) is 1.93. The zero-order valence-corrected chi connectivity index (χ0v) is 30.2. The topological polar surface area (TPSA) is 48.5 Å². The Kier molecular flexibility index (Phi) is 6.50. The normalized spacial score (nSPS) is 12.3. The Morgan fingerprint density at radius 2 is 0.964 bits per heavy atom. The largest absolute Gasteiger partial charge is 0.295 e. The van der Waals surface area contributed by atoms with Gasteiger partial charge in [-0.2, -0.15) is 0 Å². The molecule has 6 heteroatoms. The van der Waals surface area contributed by atoms with Crippen LogP contribution in [-0.4, -0.2) is 24.1 Å². The Bertz CT molecular complexity index is 3260. The average Bonchev–Trinajstić information content (AvgIpc) is 3.77. The molecule has 0 amide bonds. The van der Waals surface area contributed by atoms with E-state index in [9.17, 15) is 0 Å². The van der Waals surface area contributed by atoms with Crippen LogP contribution in [0.15, 0.2) is 186 Å². The maximum absolute atomic E-state index is 5.22. The van der Waals surface area contributed by atoms with Gasteiger partial charge in [-0.1, -0.05) is 127 Å². The second-order valence-corrected chi connectivity index (χ2v) is 15.2. The lowest BCUT2D eigenvalue weighted by atomic mass is 10.0. The van der Waals surface area contributed by atoms with Crippen LogP contribution in [0.4, 0.5) is 0 Å². The lowest BCUT2D eigenvalue weighted by Crippen LogP contribution is -2.05. The van der Waals surface area contributed by atoms with Crippen LogP contribution >= 0.6 is 11.8 Å². The molecule has 0 unspecified atom stereocenters. The van der Waals surface area contributed by atoms with Gasteiger partial charge in [-0.15, -0.1) is 0 Å². The minimum atomic E-state index is 0.637. The lowest BCUT2D eigenvalue weighted by molar-refractivity contribution is 1.03. The van der Waals surface area contributed by atoms with Crippen LogP contribution in [0.2, 0.25) is 0 Å². The van der Waals surface area contributed by atoms with Crippen LogP contribution in [0.1, 0.15) is 0 Å². The molecule has 0 aliphatic carbocycles. The van der Waals surface area contributed by atoms with Crippen molar-refractivity contribution in [3.63, 3.8) is 0 Å². The standard InChI is InChI=1S/C49H29N5S/c1-2-15-37(16-3-1)53-40-26-25-36(29-39(40)44-38-17-10-20-43-45(38)54(49(44)53)41-18-8-9-19-42(41)55-43)48-51-46(34-23-21-30-11-4-6-13-32(30)27-34)50-47(52-48)35-24-22-31-12-5-7-14-33(31)28-35/h1-29H. The van der Waals surface area contributed by atoms with Gasteiger partial charge >= 0.3 is 0 Å². The van der Waals surface area contributed by atoms with Gasteiger partial charge in [-0.25, -0.2) is 15.0 Å². The van der Waals surface area contributed by atoms with Crippen molar-refractivity contribution in [2.75, 3.05) is 0 Å². The molecule has 0 bridgehead atoms. The van der Waals surface area contributed by atoms with Gasteiger partial charge in [0.1, 0.15) is 5.65 Å². The van der Waals surface area contributed by atoms with Crippen molar-refractivity contribution in [3.8, 4) is 45.5 Å². The monoisotopic (exact) mass is 719 g/mol. The van der Waals surface area contributed by atoms with E-state index in [0.29, 0.717) is 17.5 Å². The first-order valence-corrected chi connectivity index (χ1v) is 19.3. The third-order valence-corrected chi connectivity index (χ3v) is 12.0. The second-order valence-electron chi connectivity index (χ2n) is 14.1. The Morgan fingerprint density at radius 1 is 0.400 bits per heavy atom. The number of hydrogen-bond donors (Lipinski definition) is 0. The molecule has 0 fully saturated rings. The molecule has 11 aromatic rings. The number of nitrogens with zero attached hydrogens (tertiary/aromatic N) is 5. The second kappa shape index (κ2) is 11.7. The van der Waals surface area contributed by atoms with E-state index >= 15 is 0 Å². The van der Waals surface area contributed by atoms with E-state index in [2.05, 4.69) is 185 Å². The molecule has 0 spiro atoms. The molecule has 1 aliphatic rings. The highest BCUT2D eigenvalue weighted by atomic mass is 32.2. The summed E-state index contributed by atoms with van der Waals surface area (Å²) in [4.78, 5) is 18.1. The number of para-hydroxylation sites is 3. The van der Waals surface area contributed by atoms with Gasteiger partial charge in [0, 0.05) is 48.3 Å². The van der Waals surface area contributed by atoms with Crippen LogP contribution < -0.4 is 0 Å². The first-order chi connectivity index (χ1) is 27.2. The zero-order chi connectivity index (χ0) is 36.0. The van der Waals surface area contributed by atoms with Crippen LogP contribution in [0.5, 0.6) is 0 Å². The minimum Gasteiger partial charge on any atom is -0.295 e. The molecule has 0 radical (unpaired) electrons. The maximum Gasteiger partial charge on any atom is 0.164 e. The number of aromatic nitrogens is 5. The molecule has 0 saturated carbocycles. The van der Waals surface area contributed by atoms with E-state index in [1.54, 1.807) is 0 Å². The van der Waals surface area contributed by atoms with Crippen LogP contribution in [0.3, 0.4) is 0 Å². The summed E-state index contributed by atoms with van der Waals surface area (Å²) in [6.07, 6.45) is 0. The highest BCUT2D eigenvalue weighted by molar-refractivity contribution is 7.99. The molecular weight excluding hydrogens is 691 g/mol. The van der Waals surface area contributed by atoms with Crippen molar-refractivity contribution in [1.29, 1.82) is 0 Å². The molecule has 256 valence electrons. The SMILES string of the molecule is c1ccc(-n2c3ccc(-c4nc(-c5ccc6ccccc6c5)nc(-c5ccc6ccccc6c5)n4)cc3c3c4cccc5c4n(c32)-c2ccccc2S5)cc1. The average molecular weight is 720 g/mol. The van der Waals surface area contributed by atoms with E-state index in [4.69, 9.17) is 15.0 Å². The molecule has 8 aromatic carbocycles. The molecule has 4 heterocycles. The van der Waals surface area contributed by atoms with Gasteiger partial charge in [-0.05, 0) is 82.2 Å². The van der Waals surface area contributed by atoms with Gasteiger partial charge in [0.05, 0.1) is 16.7 Å². The zero-order valence-electron chi connectivity index (χ0n) is 29.4. The van der Waals surface area contributed by atoms with Crippen LogP contribution in [0, 0.1) is 0 Å². The van der Waals surface area contributed by atoms with Gasteiger partial charge in [-0.3, -0.25) is 9.13 Å². The highest BCUT2D eigenvalue weighted by Gasteiger charge is 2.28. The van der Waals surface area contributed by atoms with Gasteiger partial charge in [0.15, 0.2) is 17.5 Å². The first-order valence-electron chi connectivity index (χ1n) is 18.4. The summed E-state index contributed by atoms with van der Waals surface area (Å²) in [7, 11) is 0. The third kappa shape index (κ3) is 4.65. The van der Waals surface area contributed by atoms with Gasteiger partial charge in [0.25, 0.3) is 0 Å². The molecule has 0 N–H and O–H groups in total. The first kappa shape index (κ1) is 30.4. The van der Waals surface area contributed by atoms with E-state index in [1.165, 1.54) is 42.5 Å². The summed E-state index contributed by atoms with van der Waals surface area (Å²) < 4.78 is 4.89. The fourth-order valence-electron chi connectivity index (χ4n) is 8.38. The molecule has 0 atom stereocenters. The smallest absolute Gasteiger partial charge is 0.164 e. The number of fused-ring (bicyclic) bond motifs is 9. The molecule has 5 nitrogen and oxygen atoms in total. The molecule has 55 heavy (non-hydrogen) atoms. The fourth-order valence-corrected chi connectivity index (χ4v) is 9.47. The van der Waals surface area contributed by atoms with Crippen molar-refractivity contribution in [2.45, 2.75) is 9.79 Å². The van der Waals surface area contributed by atoms with Crippen molar-refractivity contribution in [1.82, 2.24) is 24.1 Å². The van der Waals surface area contributed by atoms with E-state index in [-0.39, 0.29) is 0 Å². The lowest BCUT2D eigenvalue weighted by Gasteiger charge is -2.21. The molecule has 12 rings (SSSR count). The molecule has 0 saturated heterocycles. The Labute approximate surface area is 320 Å². The summed E-state index contributed by atoms with van der Waals surface area (Å²) in [6, 6.07) is 62.5. The minimum absolute atomic E-state index is 0.637. The quantitative estimate of drug-likeness (QED) is 0.182. The summed E-state index contributed by atoms with van der Waals surface area (Å²) >= 11 is 1.84. The van der Waals surface area contributed by atoms with Crippen molar-refractivity contribution in [3.05, 3.63) is 176 Å². The fraction of sp³-hybridized carbons (Fsp3) is 0. The number of benzene rings is 8. The number of hydrogen-bond acceptors (Lipinski definition) is 4. The summed E-state index contributed by atoms with van der Waals surface area (Å²) in [5.41, 5.74) is 8.68. The van der Waals surface area contributed by atoms with Gasteiger partial charge < -0.3 is 0 Å². The predicted molar refractivity (Wildman–Crippen MR) is 226 cm³/mol. The molecular formula is C49H29N5S. The van der Waals surface area contributed by atoms with Crippen molar-refractivity contribution >= 4 is 66.1 Å². The predicted octanol–water partition coefficient (Wildman–Crippen LogP) is 12.7. The summed E-state index contributed by atoms with van der Waals surface area (Å²) in [5, 5.41) is 8.26. The Morgan fingerprint density at radius 3 is 1.65 bits per heavy atom. The van der Waals surface area contributed by atoms with E-state index < -0.39 is 0 Å². The number of rotatable bonds is 4. The highest BCUT2D eigenvalue weighted by Crippen LogP contribution is 2.49. The van der Waals surface area contributed by atoms with Crippen molar-refractivity contribution < 1.29 is 0 Å². The van der Waals surface area contributed by atoms with Crippen LogP contribution in [0.25, 0.3) is 99.9 Å². The molecule has 1 aliphatic heterocycles. The van der Waals surface area contributed by atoms with E-state index in [1.807, 2.05) is 11.8 Å². The Hall–Kier alpha value is -7.02. The maximum atomic E-state index is 5.22. The van der Waals surface area contributed by atoms with Crippen molar-refractivity contribution in [2.24, 2.45) is 0 Å².